The topological polar surface area (TPSA) is 64.3 Å². The number of likely N-dealkylation sites (tertiary alicyclic amines) is 1. The van der Waals surface area contributed by atoms with E-state index in [-0.39, 0.29) is 12.1 Å². The van der Waals surface area contributed by atoms with Gasteiger partial charge in [0.25, 0.3) is 0 Å². The van der Waals surface area contributed by atoms with E-state index < -0.39 is 0 Å². The predicted molar refractivity (Wildman–Crippen MR) is 77.2 cm³/mol. The van der Waals surface area contributed by atoms with Gasteiger partial charge in [-0.15, -0.1) is 0 Å². The Kier molecular flexibility index (Phi) is 3.78. The average Bonchev–Trinajstić information content (AvgIpc) is 2.87. The smallest absolute Gasteiger partial charge is 0.223 e. The first-order valence-electron chi connectivity index (χ1n) is 6.81. The SMILES string of the molecule is Nc1nccc(OC2CCN(Cc3ccccc3)C2)n1. The van der Waals surface area contributed by atoms with Crippen molar-refractivity contribution in [2.45, 2.75) is 19.1 Å². The van der Waals surface area contributed by atoms with Crippen molar-refractivity contribution in [3.8, 4) is 5.88 Å². The Hall–Kier alpha value is -2.14. The lowest BCUT2D eigenvalue weighted by atomic mass is 10.2. The molecule has 1 aromatic carbocycles. The third-order valence-corrected chi connectivity index (χ3v) is 3.41. The minimum absolute atomic E-state index is 0.174. The summed E-state index contributed by atoms with van der Waals surface area (Å²) in [6.45, 7) is 2.92. The molecule has 0 aliphatic carbocycles. The maximum atomic E-state index is 5.85. The van der Waals surface area contributed by atoms with Crippen molar-refractivity contribution in [3.05, 3.63) is 48.2 Å². The van der Waals surface area contributed by atoms with Crippen LogP contribution in [0.3, 0.4) is 0 Å². The predicted octanol–water partition coefficient (Wildman–Crippen LogP) is 1.71. The molecule has 0 saturated carbocycles. The van der Waals surface area contributed by atoms with Crippen LogP contribution < -0.4 is 10.5 Å². The van der Waals surface area contributed by atoms with Crippen LogP contribution in [0.2, 0.25) is 0 Å². The van der Waals surface area contributed by atoms with Gasteiger partial charge >= 0.3 is 0 Å². The van der Waals surface area contributed by atoms with Crippen molar-refractivity contribution in [2.24, 2.45) is 0 Å². The number of ether oxygens (including phenoxy) is 1. The fourth-order valence-corrected chi connectivity index (χ4v) is 2.47. The summed E-state index contributed by atoms with van der Waals surface area (Å²) >= 11 is 0. The molecule has 1 unspecified atom stereocenters. The zero-order chi connectivity index (χ0) is 13.8. The van der Waals surface area contributed by atoms with Crippen LogP contribution in [0.15, 0.2) is 42.6 Å². The van der Waals surface area contributed by atoms with E-state index in [0.29, 0.717) is 5.88 Å². The van der Waals surface area contributed by atoms with Gasteiger partial charge < -0.3 is 10.5 Å². The Morgan fingerprint density at radius 3 is 2.90 bits per heavy atom. The minimum atomic E-state index is 0.174. The second-order valence-electron chi connectivity index (χ2n) is 5.00. The van der Waals surface area contributed by atoms with Gasteiger partial charge in [-0.25, -0.2) is 4.98 Å². The lowest BCUT2D eigenvalue weighted by molar-refractivity contribution is 0.191. The van der Waals surface area contributed by atoms with Gasteiger partial charge in [-0.3, -0.25) is 4.90 Å². The number of rotatable bonds is 4. The number of hydrogen-bond acceptors (Lipinski definition) is 5. The standard InChI is InChI=1S/C15H18N4O/c16-15-17-8-6-14(18-15)20-13-7-9-19(11-13)10-12-4-2-1-3-5-12/h1-6,8,13H,7,9-11H2,(H2,16,17,18). The molecule has 0 radical (unpaired) electrons. The van der Waals surface area contributed by atoms with Crippen LogP contribution in [0.5, 0.6) is 5.88 Å². The summed E-state index contributed by atoms with van der Waals surface area (Å²) in [5.74, 6) is 0.811. The second-order valence-corrected chi connectivity index (χ2v) is 5.00. The zero-order valence-corrected chi connectivity index (χ0v) is 11.3. The molecule has 2 N–H and O–H groups in total. The first-order chi connectivity index (χ1) is 9.79. The maximum Gasteiger partial charge on any atom is 0.223 e. The lowest BCUT2D eigenvalue weighted by Crippen LogP contribution is -2.24. The summed E-state index contributed by atoms with van der Waals surface area (Å²) in [5, 5.41) is 0. The summed E-state index contributed by atoms with van der Waals surface area (Å²) in [6.07, 6.45) is 2.80. The fourth-order valence-electron chi connectivity index (χ4n) is 2.47. The number of anilines is 1. The molecule has 0 amide bonds. The number of aromatic nitrogens is 2. The van der Waals surface area contributed by atoms with Gasteiger partial charge in [-0.2, -0.15) is 4.98 Å². The maximum absolute atomic E-state index is 5.85. The van der Waals surface area contributed by atoms with E-state index in [1.165, 1.54) is 5.56 Å². The van der Waals surface area contributed by atoms with Crippen molar-refractivity contribution in [2.75, 3.05) is 18.8 Å². The molecule has 3 rings (SSSR count). The Balaban J connectivity index is 1.54. The van der Waals surface area contributed by atoms with Gasteiger partial charge in [0.1, 0.15) is 6.10 Å². The molecular weight excluding hydrogens is 252 g/mol. The summed E-state index contributed by atoms with van der Waals surface area (Å²) < 4.78 is 5.85. The molecule has 1 fully saturated rings. The molecule has 1 atom stereocenters. The quantitative estimate of drug-likeness (QED) is 0.916. The molecule has 2 aromatic rings. The highest BCUT2D eigenvalue weighted by atomic mass is 16.5. The highest BCUT2D eigenvalue weighted by Gasteiger charge is 2.24. The molecule has 0 bridgehead atoms. The number of nitrogen functional groups attached to an aromatic ring is 1. The fraction of sp³-hybridized carbons (Fsp3) is 0.333. The van der Waals surface area contributed by atoms with Crippen molar-refractivity contribution in [1.29, 1.82) is 0 Å². The van der Waals surface area contributed by atoms with Crippen LogP contribution >= 0.6 is 0 Å². The molecule has 5 heteroatoms. The molecule has 0 spiro atoms. The van der Waals surface area contributed by atoms with Crippen molar-refractivity contribution in [1.82, 2.24) is 14.9 Å². The first-order valence-corrected chi connectivity index (χ1v) is 6.81. The normalized spacial score (nSPS) is 19.1. The molecule has 104 valence electrons. The van der Waals surface area contributed by atoms with Gasteiger partial charge in [0, 0.05) is 31.9 Å². The molecule has 1 aliphatic rings. The summed E-state index contributed by atoms with van der Waals surface area (Å²) in [7, 11) is 0. The average molecular weight is 270 g/mol. The van der Waals surface area contributed by atoms with E-state index in [1.807, 2.05) is 6.07 Å². The molecule has 2 heterocycles. The second kappa shape index (κ2) is 5.88. The monoisotopic (exact) mass is 270 g/mol. The molecule has 1 aromatic heterocycles. The molecular formula is C15H18N4O. The van der Waals surface area contributed by atoms with Gasteiger partial charge in [-0.05, 0) is 12.0 Å². The number of hydrogen-bond donors (Lipinski definition) is 1. The number of nitrogens with zero attached hydrogens (tertiary/aromatic N) is 3. The Bertz CT molecular complexity index is 561. The first kappa shape index (κ1) is 12.9. The van der Waals surface area contributed by atoms with E-state index in [0.717, 1.165) is 26.1 Å². The van der Waals surface area contributed by atoms with Crippen LogP contribution in [0.4, 0.5) is 5.95 Å². The van der Waals surface area contributed by atoms with Gasteiger partial charge in [-0.1, -0.05) is 30.3 Å². The van der Waals surface area contributed by atoms with Crippen molar-refractivity contribution in [3.63, 3.8) is 0 Å². The third kappa shape index (κ3) is 3.24. The van der Waals surface area contributed by atoms with Gasteiger partial charge in [0.05, 0.1) is 0 Å². The van der Waals surface area contributed by atoms with E-state index in [9.17, 15) is 0 Å². The van der Waals surface area contributed by atoms with E-state index >= 15 is 0 Å². The highest BCUT2D eigenvalue weighted by molar-refractivity contribution is 5.21. The number of benzene rings is 1. The van der Waals surface area contributed by atoms with Gasteiger partial charge in [0.15, 0.2) is 0 Å². The Morgan fingerprint density at radius 1 is 1.25 bits per heavy atom. The summed E-state index contributed by atoms with van der Waals surface area (Å²) in [4.78, 5) is 10.3. The third-order valence-electron chi connectivity index (χ3n) is 3.41. The Labute approximate surface area is 118 Å². The van der Waals surface area contributed by atoms with Crippen LogP contribution in [0.1, 0.15) is 12.0 Å². The van der Waals surface area contributed by atoms with Crippen LogP contribution in [0, 0.1) is 0 Å². The zero-order valence-electron chi connectivity index (χ0n) is 11.3. The van der Waals surface area contributed by atoms with Crippen LogP contribution in [-0.4, -0.2) is 34.1 Å². The van der Waals surface area contributed by atoms with Crippen LogP contribution in [-0.2, 0) is 6.54 Å². The van der Waals surface area contributed by atoms with E-state index in [1.54, 1.807) is 12.3 Å². The summed E-state index contributed by atoms with van der Waals surface area (Å²) in [6, 6.07) is 12.2. The molecule has 1 saturated heterocycles. The van der Waals surface area contributed by atoms with Crippen molar-refractivity contribution >= 4 is 5.95 Å². The summed E-state index contributed by atoms with van der Waals surface area (Å²) in [5.41, 5.74) is 6.88. The minimum Gasteiger partial charge on any atom is -0.473 e. The van der Waals surface area contributed by atoms with Crippen LogP contribution in [0.25, 0.3) is 0 Å². The van der Waals surface area contributed by atoms with E-state index in [2.05, 4.69) is 39.1 Å². The van der Waals surface area contributed by atoms with E-state index in [4.69, 9.17) is 10.5 Å². The lowest BCUT2D eigenvalue weighted by Gasteiger charge is -2.16. The molecule has 20 heavy (non-hydrogen) atoms. The number of nitrogens with two attached hydrogens (primary N) is 1. The van der Waals surface area contributed by atoms with Crippen molar-refractivity contribution < 1.29 is 4.74 Å². The Morgan fingerprint density at radius 2 is 2.10 bits per heavy atom. The highest BCUT2D eigenvalue weighted by Crippen LogP contribution is 2.18. The molecule has 1 aliphatic heterocycles. The largest absolute Gasteiger partial charge is 0.473 e. The molecule has 5 nitrogen and oxygen atoms in total. The van der Waals surface area contributed by atoms with Gasteiger partial charge in [0.2, 0.25) is 11.8 Å².